The monoisotopic (exact) mass is 489 g/mol. The molecule has 0 radical (unpaired) electrons. The molecule has 3 rings (SSSR count). The molecule has 1 unspecified atom stereocenters. The third kappa shape index (κ3) is 6.43. The minimum Gasteiger partial charge on any atom is -0.486 e. The molecule has 2 N–H and O–H groups in total. The topological polar surface area (TPSA) is 113 Å². The zero-order chi connectivity index (χ0) is 24.9. The minimum absolute atomic E-state index is 0.00736. The van der Waals surface area contributed by atoms with Gasteiger partial charge in [-0.2, -0.15) is 0 Å². The van der Waals surface area contributed by atoms with Crippen LogP contribution in [-0.4, -0.2) is 56.6 Å². The number of nitrogens with zero attached hydrogens (tertiary/aromatic N) is 4. The molecule has 2 heterocycles. The molecule has 2 aromatic rings. The number of thioether (sulfide) groups is 1. The second kappa shape index (κ2) is 11.1. The maximum Gasteiger partial charge on any atom is 0.309 e. The molecule has 186 valence electrons. The highest BCUT2D eigenvalue weighted by molar-refractivity contribution is 8.00. The molecule has 1 saturated heterocycles. The molecule has 1 amide bonds. The van der Waals surface area contributed by atoms with Crippen molar-refractivity contribution in [3.8, 4) is 5.75 Å². The first-order valence-electron chi connectivity index (χ1n) is 11.6. The minimum atomic E-state index is -0.385. The van der Waals surface area contributed by atoms with Crippen LogP contribution in [0.5, 0.6) is 5.75 Å². The molecule has 1 aliphatic rings. The van der Waals surface area contributed by atoms with Gasteiger partial charge in [0.2, 0.25) is 11.1 Å². The molecule has 0 bridgehead atoms. The van der Waals surface area contributed by atoms with Gasteiger partial charge in [-0.3, -0.25) is 9.59 Å². The van der Waals surface area contributed by atoms with Crippen LogP contribution >= 0.6 is 11.8 Å². The molecule has 9 nitrogen and oxygen atoms in total. The van der Waals surface area contributed by atoms with Crippen molar-refractivity contribution < 1.29 is 19.1 Å². The molecular weight excluding hydrogens is 454 g/mol. The molecule has 0 saturated carbocycles. The summed E-state index contributed by atoms with van der Waals surface area (Å²) >= 11 is 1.26. The van der Waals surface area contributed by atoms with Crippen LogP contribution in [0.1, 0.15) is 58.8 Å². The van der Waals surface area contributed by atoms with E-state index < -0.39 is 0 Å². The van der Waals surface area contributed by atoms with Gasteiger partial charge in [-0.05, 0) is 49.8 Å². The number of likely N-dealkylation sites (tertiary alicyclic amines) is 1. The van der Waals surface area contributed by atoms with Crippen LogP contribution in [0.3, 0.4) is 0 Å². The van der Waals surface area contributed by atoms with Crippen molar-refractivity contribution in [2.24, 2.45) is 5.92 Å². The average molecular weight is 490 g/mol. The summed E-state index contributed by atoms with van der Waals surface area (Å²) < 4.78 is 12.3. The normalized spacial score (nSPS) is 15.7. The van der Waals surface area contributed by atoms with E-state index >= 15 is 0 Å². The number of hydrogen-bond acceptors (Lipinski definition) is 8. The molecule has 1 atom stereocenters. The Balaban J connectivity index is 1.51. The summed E-state index contributed by atoms with van der Waals surface area (Å²) in [5.41, 5.74) is 1.30. The quantitative estimate of drug-likeness (QED) is 0.342. The number of nitrogens with two attached hydrogens (primary N) is 1. The Kier molecular flexibility index (Phi) is 8.46. The van der Waals surface area contributed by atoms with Gasteiger partial charge in [-0.1, -0.05) is 44.7 Å². The van der Waals surface area contributed by atoms with Crippen molar-refractivity contribution in [1.29, 1.82) is 0 Å². The molecule has 1 aliphatic heterocycles. The van der Waals surface area contributed by atoms with Crippen molar-refractivity contribution in [3.63, 3.8) is 0 Å². The van der Waals surface area contributed by atoms with Gasteiger partial charge in [0.05, 0.1) is 17.8 Å². The SMILES string of the molecule is CCOC(=O)C1CCN(C(=O)C(C)Sc2nnc(COc3ccc(C(C)(C)C)cc3)n2N)CC1. The van der Waals surface area contributed by atoms with Crippen LogP contribution in [-0.2, 0) is 26.3 Å². The predicted molar refractivity (Wildman–Crippen MR) is 131 cm³/mol. The van der Waals surface area contributed by atoms with Crippen LogP contribution in [0.25, 0.3) is 0 Å². The molecule has 1 fully saturated rings. The Morgan fingerprint density at radius 2 is 1.82 bits per heavy atom. The van der Waals surface area contributed by atoms with Gasteiger partial charge in [0.25, 0.3) is 0 Å². The van der Waals surface area contributed by atoms with Gasteiger partial charge < -0.3 is 20.2 Å². The molecule has 0 spiro atoms. The fourth-order valence-corrected chi connectivity index (χ4v) is 4.62. The summed E-state index contributed by atoms with van der Waals surface area (Å²) in [6.45, 7) is 11.7. The summed E-state index contributed by atoms with van der Waals surface area (Å²) in [6.07, 6.45) is 1.24. The van der Waals surface area contributed by atoms with Crippen LogP contribution in [0.2, 0.25) is 0 Å². The molecule has 10 heteroatoms. The second-order valence-corrected chi connectivity index (χ2v) is 10.8. The Bertz CT molecular complexity index is 978. The number of esters is 1. The van der Waals surface area contributed by atoms with E-state index in [9.17, 15) is 9.59 Å². The number of carbonyl (C=O) groups excluding carboxylic acids is 2. The molecular formula is C24H35N5O4S. The first-order valence-corrected chi connectivity index (χ1v) is 12.5. The predicted octanol–water partition coefficient (Wildman–Crippen LogP) is 3.15. The van der Waals surface area contributed by atoms with Crippen LogP contribution in [0.15, 0.2) is 29.4 Å². The van der Waals surface area contributed by atoms with Crippen molar-refractivity contribution in [2.75, 3.05) is 25.5 Å². The van der Waals surface area contributed by atoms with E-state index in [0.717, 1.165) is 5.75 Å². The average Bonchev–Trinajstić information content (AvgIpc) is 3.16. The van der Waals surface area contributed by atoms with Gasteiger partial charge in [-0.25, -0.2) is 4.68 Å². The lowest BCUT2D eigenvalue weighted by atomic mass is 9.87. The summed E-state index contributed by atoms with van der Waals surface area (Å²) in [7, 11) is 0. The molecule has 0 aliphatic carbocycles. The molecule has 1 aromatic carbocycles. The first kappa shape index (κ1) is 25.9. The second-order valence-electron chi connectivity index (χ2n) is 9.44. The number of rotatable bonds is 8. The number of ether oxygens (including phenoxy) is 2. The summed E-state index contributed by atoms with van der Waals surface area (Å²) in [4.78, 5) is 26.6. The number of piperidine rings is 1. The fraction of sp³-hybridized carbons (Fsp3) is 0.583. The number of aromatic nitrogens is 3. The highest BCUT2D eigenvalue weighted by Crippen LogP contribution is 2.27. The third-order valence-electron chi connectivity index (χ3n) is 5.88. The van der Waals surface area contributed by atoms with Crippen LogP contribution < -0.4 is 10.6 Å². The van der Waals surface area contributed by atoms with E-state index in [0.29, 0.717) is 43.5 Å². The van der Waals surface area contributed by atoms with Gasteiger partial charge in [0, 0.05) is 13.1 Å². The van der Waals surface area contributed by atoms with Gasteiger partial charge in [0.15, 0.2) is 5.82 Å². The number of amides is 1. The van der Waals surface area contributed by atoms with Gasteiger partial charge in [-0.15, -0.1) is 10.2 Å². The van der Waals surface area contributed by atoms with Gasteiger partial charge in [0.1, 0.15) is 12.4 Å². The van der Waals surface area contributed by atoms with Crippen molar-refractivity contribution in [3.05, 3.63) is 35.7 Å². The highest BCUT2D eigenvalue weighted by atomic mass is 32.2. The van der Waals surface area contributed by atoms with Crippen molar-refractivity contribution in [1.82, 2.24) is 19.8 Å². The highest BCUT2D eigenvalue weighted by Gasteiger charge is 2.31. The van der Waals surface area contributed by atoms with Crippen LogP contribution in [0, 0.1) is 5.92 Å². The smallest absolute Gasteiger partial charge is 0.309 e. The summed E-state index contributed by atoms with van der Waals surface area (Å²) in [6, 6.07) is 7.96. The van der Waals surface area contributed by atoms with E-state index in [4.69, 9.17) is 15.3 Å². The number of benzene rings is 1. The number of hydrogen-bond donors (Lipinski definition) is 1. The van der Waals surface area contributed by atoms with E-state index in [1.165, 1.54) is 22.0 Å². The fourth-order valence-electron chi connectivity index (χ4n) is 3.75. The standard InChI is InChI=1S/C24H35N5O4S/c1-6-32-22(31)17-11-13-28(14-12-17)21(30)16(2)34-23-27-26-20(29(23)25)15-33-19-9-7-18(8-10-19)24(3,4)5/h7-10,16-17H,6,11-15,25H2,1-5H3. The summed E-state index contributed by atoms with van der Waals surface area (Å²) in [5.74, 6) is 7.05. The zero-order valence-corrected chi connectivity index (χ0v) is 21.4. The number of carbonyl (C=O) groups is 2. The maximum atomic E-state index is 12.9. The maximum absolute atomic E-state index is 12.9. The zero-order valence-electron chi connectivity index (χ0n) is 20.6. The summed E-state index contributed by atoms with van der Waals surface area (Å²) in [5, 5.41) is 8.33. The first-order chi connectivity index (χ1) is 16.1. The Hall–Kier alpha value is -2.75. The molecule has 1 aromatic heterocycles. The van der Waals surface area contributed by atoms with E-state index in [-0.39, 0.29) is 35.1 Å². The van der Waals surface area contributed by atoms with Gasteiger partial charge >= 0.3 is 5.97 Å². The number of nitrogen functional groups attached to an aromatic ring is 1. The third-order valence-corrected chi connectivity index (χ3v) is 6.92. The van der Waals surface area contributed by atoms with E-state index in [1.54, 1.807) is 11.8 Å². The van der Waals surface area contributed by atoms with Crippen molar-refractivity contribution in [2.45, 2.75) is 69.9 Å². The molecule has 34 heavy (non-hydrogen) atoms. The Morgan fingerprint density at radius 3 is 2.41 bits per heavy atom. The Labute approximate surface area is 205 Å². The lowest BCUT2D eigenvalue weighted by Gasteiger charge is -2.32. The Morgan fingerprint density at radius 1 is 1.18 bits per heavy atom. The lowest BCUT2D eigenvalue weighted by molar-refractivity contribution is -0.151. The largest absolute Gasteiger partial charge is 0.486 e. The lowest BCUT2D eigenvalue weighted by Crippen LogP contribution is -2.43. The van der Waals surface area contributed by atoms with Crippen molar-refractivity contribution >= 4 is 23.6 Å². The van der Waals surface area contributed by atoms with E-state index in [2.05, 4.69) is 31.0 Å². The van der Waals surface area contributed by atoms with Crippen LogP contribution in [0.4, 0.5) is 0 Å². The van der Waals surface area contributed by atoms with E-state index in [1.807, 2.05) is 31.2 Å².